The van der Waals surface area contributed by atoms with Gasteiger partial charge in [0.15, 0.2) is 0 Å². The normalized spacial score (nSPS) is 12.6. The van der Waals surface area contributed by atoms with E-state index in [-0.39, 0.29) is 0 Å². The maximum absolute atomic E-state index is 5.20. The lowest BCUT2D eigenvalue weighted by molar-refractivity contribution is 0.369. The number of aryl methyl sites for hydroxylation is 1. The molecule has 0 spiro atoms. The van der Waals surface area contributed by atoms with Crippen molar-refractivity contribution >= 4 is 0 Å². The molecule has 5 nitrogen and oxygen atoms in total. The minimum Gasteiger partial charge on any atom is -0.339 e. The Morgan fingerprint density at radius 3 is 2.82 bits per heavy atom. The number of rotatable bonds is 5. The van der Waals surface area contributed by atoms with Crippen LogP contribution in [0.4, 0.5) is 0 Å². The van der Waals surface area contributed by atoms with Crippen LogP contribution in [0.15, 0.2) is 29.0 Å². The van der Waals surface area contributed by atoms with Crippen LogP contribution in [0.3, 0.4) is 0 Å². The smallest absolute Gasteiger partial charge is 0.227 e. The summed E-state index contributed by atoms with van der Waals surface area (Å²) in [5.74, 6) is 1.30. The minimum atomic E-state index is 0.450. The second-order valence-corrected chi connectivity index (χ2v) is 3.98. The molecule has 5 heteroatoms. The van der Waals surface area contributed by atoms with E-state index in [0.29, 0.717) is 17.8 Å². The van der Waals surface area contributed by atoms with Crippen LogP contribution >= 0.6 is 0 Å². The average Bonchev–Trinajstić information content (AvgIpc) is 2.86. The van der Waals surface area contributed by atoms with Crippen molar-refractivity contribution < 1.29 is 4.52 Å². The summed E-state index contributed by atoms with van der Waals surface area (Å²) < 4.78 is 5.20. The Hall–Kier alpha value is -1.75. The monoisotopic (exact) mass is 232 g/mol. The summed E-state index contributed by atoms with van der Waals surface area (Å²) in [5, 5.41) is 7.13. The molecule has 0 saturated carbocycles. The zero-order valence-corrected chi connectivity index (χ0v) is 10.1. The highest BCUT2D eigenvalue weighted by Gasteiger charge is 2.09. The quantitative estimate of drug-likeness (QED) is 0.849. The fourth-order valence-corrected chi connectivity index (χ4v) is 1.46. The molecule has 17 heavy (non-hydrogen) atoms. The molecule has 0 radical (unpaired) electrons. The molecule has 2 aromatic heterocycles. The molecule has 2 aromatic rings. The van der Waals surface area contributed by atoms with Gasteiger partial charge in [-0.05, 0) is 32.5 Å². The number of nitrogens with one attached hydrogen (secondary N) is 1. The lowest BCUT2D eigenvalue weighted by Crippen LogP contribution is -2.21. The molecule has 0 aromatic carbocycles. The van der Waals surface area contributed by atoms with Gasteiger partial charge >= 0.3 is 0 Å². The number of aromatic nitrogens is 3. The SMILES string of the molecule is CNC(C)CCc1nc(-c2ccncc2)no1. The molecule has 0 fully saturated rings. The first-order chi connectivity index (χ1) is 8.29. The summed E-state index contributed by atoms with van der Waals surface area (Å²) in [4.78, 5) is 8.31. The Morgan fingerprint density at radius 1 is 1.35 bits per heavy atom. The van der Waals surface area contributed by atoms with Crippen molar-refractivity contribution in [1.82, 2.24) is 20.4 Å². The van der Waals surface area contributed by atoms with Crippen molar-refractivity contribution in [3.63, 3.8) is 0 Å². The van der Waals surface area contributed by atoms with Gasteiger partial charge in [-0.1, -0.05) is 5.16 Å². The van der Waals surface area contributed by atoms with Crippen LogP contribution in [0.1, 0.15) is 19.2 Å². The second kappa shape index (κ2) is 5.54. The molecule has 2 heterocycles. The molecule has 0 amide bonds. The number of pyridine rings is 1. The molecular weight excluding hydrogens is 216 g/mol. The number of hydrogen-bond donors (Lipinski definition) is 1. The van der Waals surface area contributed by atoms with E-state index in [0.717, 1.165) is 18.4 Å². The maximum Gasteiger partial charge on any atom is 0.227 e. The molecule has 2 rings (SSSR count). The number of hydrogen-bond acceptors (Lipinski definition) is 5. The summed E-state index contributed by atoms with van der Waals surface area (Å²) in [6.07, 6.45) is 5.21. The first kappa shape index (κ1) is 11.7. The van der Waals surface area contributed by atoms with Crippen LogP contribution in [-0.4, -0.2) is 28.2 Å². The largest absolute Gasteiger partial charge is 0.339 e. The van der Waals surface area contributed by atoms with E-state index >= 15 is 0 Å². The Balaban J connectivity index is 2.01. The third-order valence-electron chi connectivity index (χ3n) is 2.69. The molecule has 0 aliphatic carbocycles. The van der Waals surface area contributed by atoms with Gasteiger partial charge in [0.2, 0.25) is 11.7 Å². The van der Waals surface area contributed by atoms with Gasteiger partial charge in [-0.15, -0.1) is 0 Å². The van der Waals surface area contributed by atoms with Crippen molar-refractivity contribution in [2.45, 2.75) is 25.8 Å². The maximum atomic E-state index is 5.20. The van der Waals surface area contributed by atoms with Crippen LogP contribution < -0.4 is 5.32 Å². The third kappa shape index (κ3) is 3.10. The second-order valence-electron chi connectivity index (χ2n) is 3.98. The lowest BCUT2D eigenvalue weighted by atomic mass is 10.2. The van der Waals surface area contributed by atoms with Crippen LogP contribution in [0.5, 0.6) is 0 Å². The molecule has 0 aliphatic heterocycles. The molecule has 1 unspecified atom stereocenters. The summed E-state index contributed by atoms with van der Waals surface area (Å²) in [7, 11) is 1.95. The Kier molecular flexibility index (Phi) is 3.82. The van der Waals surface area contributed by atoms with Crippen molar-refractivity contribution in [2.75, 3.05) is 7.05 Å². The molecule has 0 aliphatic rings. The Bertz CT molecular complexity index is 455. The van der Waals surface area contributed by atoms with E-state index in [1.54, 1.807) is 12.4 Å². The first-order valence-corrected chi connectivity index (χ1v) is 5.70. The van der Waals surface area contributed by atoms with Gasteiger partial charge in [-0.25, -0.2) is 0 Å². The highest BCUT2D eigenvalue weighted by molar-refractivity contribution is 5.52. The van der Waals surface area contributed by atoms with Crippen molar-refractivity contribution in [1.29, 1.82) is 0 Å². The predicted octanol–water partition coefficient (Wildman–Crippen LogP) is 1.67. The highest BCUT2D eigenvalue weighted by Crippen LogP contribution is 2.14. The van der Waals surface area contributed by atoms with Gasteiger partial charge in [0.1, 0.15) is 0 Å². The van der Waals surface area contributed by atoms with Crippen LogP contribution in [0.2, 0.25) is 0 Å². The fourth-order valence-electron chi connectivity index (χ4n) is 1.46. The van der Waals surface area contributed by atoms with Gasteiger partial charge in [-0.3, -0.25) is 4.98 Å². The van der Waals surface area contributed by atoms with Crippen molar-refractivity contribution in [3.8, 4) is 11.4 Å². The summed E-state index contributed by atoms with van der Waals surface area (Å²) in [6, 6.07) is 4.18. The van der Waals surface area contributed by atoms with Gasteiger partial charge in [-0.2, -0.15) is 4.98 Å². The summed E-state index contributed by atoms with van der Waals surface area (Å²) in [5.41, 5.74) is 0.927. The lowest BCUT2D eigenvalue weighted by Gasteiger charge is -2.06. The van der Waals surface area contributed by atoms with Gasteiger partial charge in [0.05, 0.1) is 0 Å². The molecule has 0 saturated heterocycles. The fraction of sp³-hybridized carbons (Fsp3) is 0.417. The molecule has 90 valence electrons. The van der Waals surface area contributed by atoms with E-state index in [9.17, 15) is 0 Å². The molecule has 1 N–H and O–H groups in total. The molecule has 1 atom stereocenters. The van der Waals surface area contributed by atoms with Gasteiger partial charge < -0.3 is 9.84 Å². The van der Waals surface area contributed by atoms with Crippen molar-refractivity contribution in [3.05, 3.63) is 30.4 Å². The van der Waals surface area contributed by atoms with Crippen LogP contribution in [0, 0.1) is 0 Å². The third-order valence-corrected chi connectivity index (χ3v) is 2.69. The average molecular weight is 232 g/mol. The van der Waals surface area contributed by atoms with Gasteiger partial charge in [0, 0.05) is 30.4 Å². The summed E-state index contributed by atoms with van der Waals surface area (Å²) >= 11 is 0. The Morgan fingerprint density at radius 2 is 2.12 bits per heavy atom. The molecular formula is C12H16N4O. The Labute approximate surface area is 100 Å². The zero-order chi connectivity index (χ0) is 12.1. The van der Waals surface area contributed by atoms with E-state index in [2.05, 4.69) is 27.4 Å². The molecule has 0 bridgehead atoms. The van der Waals surface area contributed by atoms with Crippen LogP contribution in [-0.2, 0) is 6.42 Å². The highest BCUT2D eigenvalue weighted by atomic mass is 16.5. The standard InChI is InChI=1S/C12H16N4O/c1-9(13-2)3-4-11-15-12(16-17-11)10-5-7-14-8-6-10/h5-9,13H,3-4H2,1-2H3. The van der Waals surface area contributed by atoms with Crippen molar-refractivity contribution in [2.24, 2.45) is 0 Å². The van der Waals surface area contributed by atoms with E-state index in [1.165, 1.54) is 0 Å². The zero-order valence-electron chi connectivity index (χ0n) is 10.1. The van der Waals surface area contributed by atoms with Gasteiger partial charge in [0.25, 0.3) is 0 Å². The predicted molar refractivity (Wildman–Crippen MR) is 64.4 cm³/mol. The topological polar surface area (TPSA) is 63.8 Å². The van der Waals surface area contributed by atoms with E-state index in [1.807, 2.05) is 19.2 Å². The van der Waals surface area contributed by atoms with E-state index < -0.39 is 0 Å². The van der Waals surface area contributed by atoms with Crippen LogP contribution in [0.25, 0.3) is 11.4 Å². The minimum absolute atomic E-state index is 0.450. The van der Waals surface area contributed by atoms with E-state index in [4.69, 9.17) is 4.52 Å². The number of nitrogens with zero attached hydrogens (tertiary/aromatic N) is 3. The first-order valence-electron chi connectivity index (χ1n) is 5.70. The summed E-state index contributed by atoms with van der Waals surface area (Å²) in [6.45, 7) is 2.13.